The highest BCUT2D eigenvalue weighted by atomic mass is 16.5. The molecule has 3 N–H and O–H groups in total. The fourth-order valence-corrected chi connectivity index (χ4v) is 2.09. The Morgan fingerprint density at radius 2 is 2.43 bits per heavy atom. The van der Waals surface area contributed by atoms with E-state index >= 15 is 0 Å². The zero-order valence-electron chi connectivity index (χ0n) is 9.01. The van der Waals surface area contributed by atoms with E-state index in [0.717, 1.165) is 19.3 Å². The first-order valence-electron chi connectivity index (χ1n) is 5.20. The normalized spacial score (nSPS) is 32.9. The van der Waals surface area contributed by atoms with Crippen molar-refractivity contribution in [3.05, 3.63) is 0 Å². The summed E-state index contributed by atoms with van der Waals surface area (Å²) in [4.78, 5) is 11.0. The van der Waals surface area contributed by atoms with Gasteiger partial charge in [0.05, 0.1) is 6.10 Å². The van der Waals surface area contributed by atoms with E-state index < -0.39 is 0 Å². The second-order valence-electron chi connectivity index (χ2n) is 4.03. The summed E-state index contributed by atoms with van der Waals surface area (Å²) in [6.07, 6.45) is 3.40. The molecule has 82 valence electrons. The lowest BCUT2D eigenvalue weighted by Gasteiger charge is -2.40. The number of ether oxygens (including phenoxy) is 1. The third-order valence-corrected chi connectivity index (χ3v) is 3.05. The Labute approximate surface area is 85.2 Å². The van der Waals surface area contributed by atoms with Gasteiger partial charge in [-0.2, -0.15) is 0 Å². The molecule has 4 nitrogen and oxygen atoms in total. The number of nitrogens with two attached hydrogens (primary N) is 1. The first kappa shape index (κ1) is 11.5. The molecule has 1 aliphatic rings. The maximum atomic E-state index is 11.0. The highest BCUT2D eigenvalue weighted by Crippen LogP contribution is 2.28. The second kappa shape index (κ2) is 4.75. The molecule has 2 atom stereocenters. The van der Waals surface area contributed by atoms with Crippen LogP contribution in [0.2, 0.25) is 0 Å². The summed E-state index contributed by atoms with van der Waals surface area (Å²) in [6.45, 7) is 2.81. The Morgan fingerprint density at radius 3 is 2.93 bits per heavy atom. The molecule has 1 saturated heterocycles. The molecule has 1 rings (SSSR count). The fourth-order valence-electron chi connectivity index (χ4n) is 2.09. The molecule has 0 aromatic carbocycles. The van der Waals surface area contributed by atoms with E-state index in [0.29, 0.717) is 13.0 Å². The highest BCUT2D eigenvalue weighted by Gasteiger charge is 2.36. The van der Waals surface area contributed by atoms with Gasteiger partial charge < -0.3 is 15.8 Å². The zero-order chi connectivity index (χ0) is 10.6. The van der Waals surface area contributed by atoms with Crippen molar-refractivity contribution in [1.29, 1.82) is 0 Å². The zero-order valence-corrected chi connectivity index (χ0v) is 9.01. The van der Waals surface area contributed by atoms with Gasteiger partial charge in [-0.3, -0.25) is 4.79 Å². The molecule has 0 aliphatic carbocycles. The lowest BCUT2D eigenvalue weighted by molar-refractivity contribution is -0.121. The quantitative estimate of drug-likeness (QED) is 0.691. The van der Waals surface area contributed by atoms with Gasteiger partial charge in [-0.1, -0.05) is 6.92 Å². The monoisotopic (exact) mass is 200 g/mol. The van der Waals surface area contributed by atoms with Crippen LogP contribution in [0.1, 0.15) is 32.6 Å². The number of amides is 1. The van der Waals surface area contributed by atoms with Crippen molar-refractivity contribution in [2.45, 2.75) is 44.2 Å². The van der Waals surface area contributed by atoms with E-state index in [1.807, 2.05) is 7.05 Å². The average Bonchev–Trinajstić information content (AvgIpc) is 2.17. The molecular weight excluding hydrogens is 180 g/mol. The number of carbonyl (C=O) groups excluding carboxylic acids is 1. The molecule has 1 amide bonds. The van der Waals surface area contributed by atoms with Crippen LogP contribution in [0.3, 0.4) is 0 Å². The van der Waals surface area contributed by atoms with Crippen LogP contribution < -0.4 is 11.1 Å². The van der Waals surface area contributed by atoms with E-state index in [4.69, 9.17) is 10.5 Å². The molecule has 0 aromatic rings. The summed E-state index contributed by atoms with van der Waals surface area (Å²) in [5.74, 6) is -0.240. The molecule has 14 heavy (non-hydrogen) atoms. The summed E-state index contributed by atoms with van der Waals surface area (Å²) in [5.41, 5.74) is 5.12. The van der Waals surface area contributed by atoms with Crippen molar-refractivity contribution in [1.82, 2.24) is 5.32 Å². The van der Waals surface area contributed by atoms with Crippen molar-refractivity contribution < 1.29 is 9.53 Å². The van der Waals surface area contributed by atoms with Crippen molar-refractivity contribution in [3.63, 3.8) is 0 Å². The Morgan fingerprint density at radius 1 is 1.71 bits per heavy atom. The van der Waals surface area contributed by atoms with Crippen LogP contribution in [0, 0.1) is 0 Å². The Hall–Kier alpha value is -0.610. The highest BCUT2D eigenvalue weighted by molar-refractivity contribution is 5.75. The van der Waals surface area contributed by atoms with Gasteiger partial charge in [0.15, 0.2) is 0 Å². The summed E-state index contributed by atoms with van der Waals surface area (Å²) < 4.78 is 5.57. The maximum Gasteiger partial charge on any atom is 0.219 e. The van der Waals surface area contributed by atoms with Crippen molar-refractivity contribution >= 4 is 5.91 Å². The average molecular weight is 200 g/mol. The van der Waals surface area contributed by atoms with Gasteiger partial charge in [-0.15, -0.1) is 0 Å². The molecule has 0 bridgehead atoms. The summed E-state index contributed by atoms with van der Waals surface area (Å²) in [5, 5.41) is 3.23. The van der Waals surface area contributed by atoms with E-state index in [9.17, 15) is 4.79 Å². The lowest BCUT2D eigenvalue weighted by Crippen LogP contribution is -2.52. The molecule has 0 aromatic heterocycles. The molecule has 1 fully saturated rings. The second-order valence-corrected chi connectivity index (χ2v) is 4.03. The van der Waals surface area contributed by atoms with Gasteiger partial charge >= 0.3 is 0 Å². The van der Waals surface area contributed by atoms with E-state index in [-0.39, 0.29) is 17.6 Å². The number of nitrogens with one attached hydrogen (secondary N) is 1. The van der Waals surface area contributed by atoms with Gasteiger partial charge in [0, 0.05) is 18.6 Å². The van der Waals surface area contributed by atoms with Crippen LogP contribution in [-0.2, 0) is 9.53 Å². The minimum Gasteiger partial charge on any atom is -0.378 e. The van der Waals surface area contributed by atoms with Crippen molar-refractivity contribution in [2.24, 2.45) is 5.73 Å². The van der Waals surface area contributed by atoms with Gasteiger partial charge in [0.1, 0.15) is 0 Å². The molecule has 1 heterocycles. The molecule has 1 aliphatic heterocycles. The van der Waals surface area contributed by atoms with E-state index in [2.05, 4.69) is 12.2 Å². The summed E-state index contributed by atoms with van der Waals surface area (Å²) in [7, 11) is 1.89. The third-order valence-electron chi connectivity index (χ3n) is 3.05. The fraction of sp³-hybridized carbons (Fsp3) is 0.900. The number of carbonyl (C=O) groups is 1. The Kier molecular flexibility index (Phi) is 3.89. The molecule has 0 spiro atoms. The Balaban J connectivity index is 2.62. The number of primary amides is 1. The minimum atomic E-state index is -0.240. The third kappa shape index (κ3) is 2.69. The Bertz CT molecular complexity index is 208. The van der Waals surface area contributed by atoms with Crippen molar-refractivity contribution in [2.75, 3.05) is 13.7 Å². The largest absolute Gasteiger partial charge is 0.378 e. The molecular formula is C10H20N2O2. The van der Waals surface area contributed by atoms with Gasteiger partial charge in [0.2, 0.25) is 5.91 Å². The van der Waals surface area contributed by atoms with Crippen LogP contribution in [0.25, 0.3) is 0 Å². The van der Waals surface area contributed by atoms with Crippen LogP contribution in [0.4, 0.5) is 0 Å². The first-order chi connectivity index (χ1) is 6.62. The molecule has 0 saturated carbocycles. The molecule has 4 heteroatoms. The van der Waals surface area contributed by atoms with Crippen LogP contribution in [-0.4, -0.2) is 31.2 Å². The van der Waals surface area contributed by atoms with Gasteiger partial charge in [0.25, 0.3) is 0 Å². The molecule has 2 unspecified atom stereocenters. The van der Waals surface area contributed by atoms with E-state index in [1.165, 1.54) is 0 Å². The first-order valence-corrected chi connectivity index (χ1v) is 5.20. The van der Waals surface area contributed by atoms with Crippen LogP contribution in [0.15, 0.2) is 0 Å². The van der Waals surface area contributed by atoms with E-state index in [1.54, 1.807) is 0 Å². The van der Waals surface area contributed by atoms with Crippen molar-refractivity contribution in [3.8, 4) is 0 Å². The maximum absolute atomic E-state index is 11.0. The number of hydrogen-bond donors (Lipinski definition) is 2. The lowest BCUT2D eigenvalue weighted by atomic mass is 9.83. The summed E-state index contributed by atoms with van der Waals surface area (Å²) in [6, 6.07) is 0. The standard InChI is InChI=1S/C10H20N2O2/c1-3-8-6-10(12-2,4-5-14-8)7-9(11)13/h8,12H,3-7H2,1-2H3,(H2,11,13). The van der Waals surface area contributed by atoms with Gasteiger partial charge in [-0.05, 0) is 26.3 Å². The number of hydrogen-bond acceptors (Lipinski definition) is 3. The summed E-state index contributed by atoms with van der Waals surface area (Å²) >= 11 is 0. The topological polar surface area (TPSA) is 64.4 Å². The SMILES string of the molecule is CCC1CC(CC(N)=O)(NC)CCO1. The predicted octanol–water partition coefficient (Wildman–Crippen LogP) is 0.409. The smallest absolute Gasteiger partial charge is 0.219 e. The minimum absolute atomic E-state index is 0.134. The number of rotatable bonds is 4. The predicted molar refractivity (Wildman–Crippen MR) is 54.9 cm³/mol. The van der Waals surface area contributed by atoms with Crippen LogP contribution in [0.5, 0.6) is 0 Å². The molecule has 0 radical (unpaired) electrons. The van der Waals surface area contributed by atoms with Gasteiger partial charge in [-0.25, -0.2) is 0 Å². The van der Waals surface area contributed by atoms with Crippen LogP contribution >= 0.6 is 0 Å².